The predicted molar refractivity (Wildman–Crippen MR) is 222 cm³/mol. The third-order valence-corrected chi connectivity index (χ3v) is 10.8. The van der Waals surface area contributed by atoms with Crippen LogP contribution in [0.25, 0.3) is 105 Å². The Hall–Kier alpha value is -7.09. The summed E-state index contributed by atoms with van der Waals surface area (Å²) < 4.78 is 11.5. The van der Waals surface area contributed by atoms with Gasteiger partial charge in [-0.25, -0.2) is 15.0 Å². The maximum absolute atomic E-state index is 5.16. The van der Waals surface area contributed by atoms with Crippen LogP contribution in [0.15, 0.2) is 170 Å². The first-order valence-corrected chi connectivity index (χ1v) is 18.6. The van der Waals surface area contributed by atoms with Crippen LogP contribution in [-0.2, 0) is 0 Å². The molecule has 4 heterocycles. The van der Waals surface area contributed by atoms with Gasteiger partial charge in [0.2, 0.25) is 0 Å². The van der Waals surface area contributed by atoms with Gasteiger partial charge in [0.05, 0.1) is 45.4 Å². The minimum absolute atomic E-state index is 0.682. The minimum atomic E-state index is 0.682. The zero-order valence-corrected chi connectivity index (χ0v) is 29.6. The quantitative estimate of drug-likeness (QED) is 0.166. The number of benzene rings is 7. The predicted octanol–water partition coefficient (Wildman–Crippen LogP) is 11.9. The maximum Gasteiger partial charge on any atom is 0.160 e. The van der Waals surface area contributed by atoms with Gasteiger partial charge in [0, 0.05) is 54.9 Å². The number of nitrogens with zero attached hydrogens (tertiary/aromatic N) is 6. The van der Waals surface area contributed by atoms with Gasteiger partial charge in [-0.2, -0.15) is 8.75 Å². The molecule has 7 aromatic carbocycles. The van der Waals surface area contributed by atoms with Crippen LogP contribution in [0.1, 0.15) is 0 Å². The monoisotopic (exact) mass is 708 g/mol. The zero-order valence-electron chi connectivity index (χ0n) is 28.8. The van der Waals surface area contributed by atoms with Crippen molar-refractivity contribution in [1.82, 2.24) is 28.3 Å². The van der Waals surface area contributed by atoms with Gasteiger partial charge in [0.25, 0.3) is 0 Å². The second-order valence-electron chi connectivity index (χ2n) is 13.4. The normalized spacial score (nSPS) is 11.7. The van der Waals surface area contributed by atoms with Gasteiger partial charge in [-0.1, -0.05) is 121 Å². The Morgan fingerprint density at radius 3 is 1.70 bits per heavy atom. The van der Waals surface area contributed by atoms with E-state index in [9.17, 15) is 0 Å². The van der Waals surface area contributed by atoms with E-state index in [4.69, 9.17) is 15.0 Å². The number of fused-ring (bicyclic) bond motifs is 8. The van der Waals surface area contributed by atoms with Crippen molar-refractivity contribution in [3.63, 3.8) is 0 Å². The molecule has 6 nitrogen and oxygen atoms in total. The largest absolute Gasteiger partial charge is 0.309 e. The maximum atomic E-state index is 5.16. The Balaban J connectivity index is 1.02. The number of hydrogen-bond acceptors (Lipinski definition) is 6. The smallest absolute Gasteiger partial charge is 0.160 e. The lowest BCUT2D eigenvalue weighted by Gasteiger charge is -2.12. The second-order valence-corrected chi connectivity index (χ2v) is 13.9. The molecule has 11 rings (SSSR count). The molecular weight excluding hydrogens is 681 g/mol. The Labute approximate surface area is 314 Å². The second kappa shape index (κ2) is 12.3. The SMILES string of the molecule is c1ccc(-c2nc(-c3ccc(-c4nc5ccccc5c5c4ccc4nsnc45)cc3)cc(-c3ccc(-n4c5ccccc5c5ccccc54)cc3)n2)cc1. The van der Waals surface area contributed by atoms with Gasteiger partial charge in [-0.15, -0.1) is 0 Å². The van der Waals surface area contributed by atoms with E-state index in [1.807, 2.05) is 30.3 Å². The first-order chi connectivity index (χ1) is 26.8. The fourth-order valence-corrected chi connectivity index (χ4v) is 8.29. The summed E-state index contributed by atoms with van der Waals surface area (Å²) in [5.41, 5.74) is 12.9. The summed E-state index contributed by atoms with van der Waals surface area (Å²) in [4.78, 5) is 15.4. The van der Waals surface area contributed by atoms with Gasteiger partial charge in [-0.3, -0.25) is 0 Å². The van der Waals surface area contributed by atoms with E-state index in [-0.39, 0.29) is 0 Å². The molecule has 54 heavy (non-hydrogen) atoms. The van der Waals surface area contributed by atoms with Crippen molar-refractivity contribution in [1.29, 1.82) is 0 Å². The molecule has 0 saturated carbocycles. The van der Waals surface area contributed by atoms with Gasteiger partial charge in [0.15, 0.2) is 5.82 Å². The summed E-state index contributed by atoms with van der Waals surface area (Å²) in [6.45, 7) is 0. The van der Waals surface area contributed by atoms with E-state index in [0.29, 0.717) is 5.82 Å². The number of pyridine rings is 1. The molecule has 0 spiro atoms. The molecule has 11 aromatic rings. The topological polar surface area (TPSA) is 69.4 Å². The number of para-hydroxylation sites is 3. The van der Waals surface area contributed by atoms with Crippen LogP contribution < -0.4 is 0 Å². The lowest BCUT2D eigenvalue weighted by Crippen LogP contribution is -1.97. The molecule has 0 saturated heterocycles. The van der Waals surface area contributed by atoms with Crippen molar-refractivity contribution in [3.05, 3.63) is 170 Å². The lowest BCUT2D eigenvalue weighted by atomic mass is 9.98. The summed E-state index contributed by atoms with van der Waals surface area (Å²) >= 11 is 1.24. The molecule has 252 valence electrons. The Morgan fingerprint density at radius 1 is 0.407 bits per heavy atom. The van der Waals surface area contributed by atoms with Crippen LogP contribution in [0.4, 0.5) is 0 Å². The first kappa shape index (κ1) is 30.5. The van der Waals surface area contributed by atoms with Crippen molar-refractivity contribution >= 4 is 66.2 Å². The highest BCUT2D eigenvalue weighted by molar-refractivity contribution is 7.00. The highest BCUT2D eigenvalue weighted by Gasteiger charge is 2.17. The molecule has 0 aliphatic rings. The average molecular weight is 709 g/mol. The Morgan fingerprint density at radius 2 is 1.00 bits per heavy atom. The van der Waals surface area contributed by atoms with Gasteiger partial charge >= 0.3 is 0 Å². The highest BCUT2D eigenvalue weighted by Crippen LogP contribution is 2.38. The van der Waals surface area contributed by atoms with E-state index >= 15 is 0 Å². The average Bonchev–Trinajstić information content (AvgIpc) is 3.87. The van der Waals surface area contributed by atoms with E-state index in [0.717, 1.165) is 77.7 Å². The number of aromatic nitrogens is 6. The van der Waals surface area contributed by atoms with Crippen LogP contribution in [0.3, 0.4) is 0 Å². The highest BCUT2D eigenvalue weighted by atomic mass is 32.1. The molecule has 0 atom stereocenters. The minimum Gasteiger partial charge on any atom is -0.309 e. The zero-order chi connectivity index (χ0) is 35.6. The van der Waals surface area contributed by atoms with E-state index in [2.05, 4.69) is 153 Å². The Kier molecular flexibility index (Phi) is 6.93. The number of rotatable bonds is 5. The van der Waals surface area contributed by atoms with Crippen molar-refractivity contribution in [3.8, 4) is 50.8 Å². The molecule has 0 bridgehead atoms. The summed E-state index contributed by atoms with van der Waals surface area (Å²) in [6.07, 6.45) is 0. The lowest BCUT2D eigenvalue weighted by molar-refractivity contribution is 1.17. The third-order valence-electron chi connectivity index (χ3n) is 10.3. The summed E-state index contributed by atoms with van der Waals surface area (Å²) in [5, 5.41) is 5.71. The summed E-state index contributed by atoms with van der Waals surface area (Å²) in [5.74, 6) is 0.682. The van der Waals surface area contributed by atoms with E-state index in [1.165, 1.54) is 33.5 Å². The van der Waals surface area contributed by atoms with Gasteiger partial charge in [0.1, 0.15) is 11.0 Å². The molecule has 0 radical (unpaired) electrons. The first-order valence-electron chi connectivity index (χ1n) is 17.8. The van der Waals surface area contributed by atoms with Gasteiger partial charge in [-0.05, 0) is 48.5 Å². The van der Waals surface area contributed by atoms with Crippen molar-refractivity contribution in [2.45, 2.75) is 0 Å². The number of hydrogen-bond donors (Lipinski definition) is 0. The fraction of sp³-hybridized carbons (Fsp3) is 0. The van der Waals surface area contributed by atoms with Crippen LogP contribution >= 0.6 is 11.7 Å². The standard InChI is InChI=1S/C47H28N6S/c1-2-10-32(11-3-1)47-49-40(28-41(50-47)30-22-24-33(25-23-30)53-42-16-8-5-12-34(42)35-13-6-9-17-43(35)53)29-18-20-31(21-19-29)45-37-26-27-39-46(52-54-51-39)44(37)36-14-4-7-15-38(36)48-45/h1-28H. The molecule has 0 aliphatic carbocycles. The van der Waals surface area contributed by atoms with Crippen molar-refractivity contribution in [2.75, 3.05) is 0 Å². The van der Waals surface area contributed by atoms with Crippen LogP contribution in [0.2, 0.25) is 0 Å². The molecular formula is C47H28N6S. The molecule has 0 amide bonds. The van der Waals surface area contributed by atoms with Crippen LogP contribution in [-0.4, -0.2) is 28.3 Å². The van der Waals surface area contributed by atoms with E-state index in [1.54, 1.807) is 0 Å². The molecule has 7 heteroatoms. The third kappa shape index (κ3) is 4.90. The van der Waals surface area contributed by atoms with Crippen molar-refractivity contribution < 1.29 is 0 Å². The fourth-order valence-electron chi connectivity index (χ4n) is 7.74. The Bertz CT molecular complexity index is 3150. The summed E-state index contributed by atoms with van der Waals surface area (Å²) in [6, 6.07) is 59.1. The van der Waals surface area contributed by atoms with Crippen LogP contribution in [0, 0.1) is 0 Å². The molecule has 0 N–H and O–H groups in total. The van der Waals surface area contributed by atoms with Crippen molar-refractivity contribution in [2.24, 2.45) is 0 Å². The van der Waals surface area contributed by atoms with Gasteiger partial charge < -0.3 is 4.57 Å². The summed E-state index contributed by atoms with van der Waals surface area (Å²) in [7, 11) is 0. The molecule has 0 aliphatic heterocycles. The molecule has 4 aromatic heterocycles. The van der Waals surface area contributed by atoms with Crippen LogP contribution in [0.5, 0.6) is 0 Å². The molecule has 0 unspecified atom stereocenters. The van der Waals surface area contributed by atoms with E-state index < -0.39 is 0 Å². The molecule has 0 fully saturated rings.